The maximum absolute atomic E-state index is 13.4. The number of aliphatic hydroxyl groups excluding tert-OH is 2. The standard InChI is InChI=1S/C21H30O3/c1-20(2)13-17(15-23)16(14-22)11-12-21(3,19(20)24)18-9-7-5-4-6-8-10-18/h4-5,7,9,11-12,18,22-23H,6,8,10,13-15H2,1-3H3. The number of rotatable bonds is 3. The number of aliphatic hydroxyl groups is 2. The predicted molar refractivity (Wildman–Crippen MR) is 97.5 cm³/mol. The second-order valence-corrected chi connectivity index (χ2v) is 7.80. The van der Waals surface area contributed by atoms with Gasteiger partial charge in [-0.05, 0) is 49.7 Å². The first-order valence-corrected chi connectivity index (χ1v) is 8.85. The minimum atomic E-state index is -0.605. The first-order valence-electron chi connectivity index (χ1n) is 8.85. The Kier molecular flexibility index (Phi) is 6.00. The number of carbonyl (C=O) groups excluding carboxylic acids is 1. The molecule has 0 heterocycles. The topological polar surface area (TPSA) is 57.5 Å². The fourth-order valence-electron chi connectivity index (χ4n) is 3.96. The highest BCUT2D eigenvalue weighted by Crippen LogP contribution is 2.45. The molecule has 0 bridgehead atoms. The molecule has 2 N–H and O–H groups in total. The molecule has 0 aromatic carbocycles. The summed E-state index contributed by atoms with van der Waals surface area (Å²) in [4.78, 5) is 13.4. The third-order valence-electron chi connectivity index (χ3n) is 5.45. The van der Waals surface area contributed by atoms with Gasteiger partial charge in [-0.25, -0.2) is 0 Å². The normalized spacial score (nSPS) is 30.7. The lowest BCUT2D eigenvalue weighted by atomic mass is 9.61. The van der Waals surface area contributed by atoms with Crippen LogP contribution < -0.4 is 0 Å². The number of allylic oxidation sites excluding steroid dienone is 5. The van der Waals surface area contributed by atoms with E-state index < -0.39 is 10.8 Å². The van der Waals surface area contributed by atoms with E-state index in [-0.39, 0.29) is 24.9 Å². The summed E-state index contributed by atoms with van der Waals surface area (Å²) in [6.45, 7) is 5.68. The summed E-state index contributed by atoms with van der Waals surface area (Å²) >= 11 is 0. The molecule has 132 valence electrons. The van der Waals surface area contributed by atoms with Crippen molar-refractivity contribution in [2.24, 2.45) is 16.7 Å². The van der Waals surface area contributed by atoms with Gasteiger partial charge in [0.2, 0.25) is 0 Å². The van der Waals surface area contributed by atoms with E-state index in [0.717, 1.165) is 30.4 Å². The molecule has 0 amide bonds. The molecular formula is C21H30O3. The van der Waals surface area contributed by atoms with Crippen molar-refractivity contribution in [3.63, 3.8) is 0 Å². The van der Waals surface area contributed by atoms with Gasteiger partial charge in [-0.3, -0.25) is 4.79 Å². The van der Waals surface area contributed by atoms with Crippen molar-refractivity contribution in [1.82, 2.24) is 0 Å². The first-order chi connectivity index (χ1) is 11.3. The lowest BCUT2D eigenvalue weighted by Crippen LogP contribution is -2.43. The van der Waals surface area contributed by atoms with Crippen LogP contribution in [0.15, 0.2) is 47.6 Å². The van der Waals surface area contributed by atoms with Crippen molar-refractivity contribution >= 4 is 5.78 Å². The first kappa shape index (κ1) is 18.9. The number of hydrogen-bond donors (Lipinski definition) is 2. The Morgan fingerprint density at radius 2 is 1.92 bits per heavy atom. The van der Waals surface area contributed by atoms with Crippen LogP contribution in [-0.4, -0.2) is 29.2 Å². The van der Waals surface area contributed by atoms with Crippen molar-refractivity contribution in [2.75, 3.05) is 13.2 Å². The van der Waals surface area contributed by atoms with Gasteiger partial charge in [0.25, 0.3) is 0 Å². The Bertz CT molecular complexity index is 592. The molecule has 0 aromatic rings. The van der Waals surface area contributed by atoms with Gasteiger partial charge in [0.1, 0.15) is 5.78 Å². The van der Waals surface area contributed by atoms with Gasteiger partial charge in [0, 0.05) is 5.41 Å². The van der Waals surface area contributed by atoms with Gasteiger partial charge in [-0.15, -0.1) is 0 Å². The summed E-state index contributed by atoms with van der Waals surface area (Å²) in [5.41, 5.74) is 0.306. The number of Topliss-reactive ketones (excluding diaryl/α,β-unsaturated/α-hetero) is 1. The molecule has 3 heteroatoms. The zero-order valence-corrected chi connectivity index (χ0v) is 15.1. The van der Waals surface area contributed by atoms with Crippen molar-refractivity contribution in [1.29, 1.82) is 0 Å². The van der Waals surface area contributed by atoms with E-state index in [1.807, 2.05) is 39.0 Å². The average Bonchev–Trinajstić information content (AvgIpc) is 2.51. The van der Waals surface area contributed by atoms with Gasteiger partial charge >= 0.3 is 0 Å². The van der Waals surface area contributed by atoms with Crippen LogP contribution in [0, 0.1) is 16.7 Å². The fraction of sp³-hybridized carbons (Fsp3) is 0.571. The van der Waals surface area contributed by atoms with Crippen LogP contribution in [0.5, 0.6) is 0 Å². The molecule has 3 nitrogen and oxygen atoms in total. The lowest BCUT2D eigenvalue weighted by Gasteiger charge is -2.40. The zero-order chi connectivity index (χ0) is 17.8. The molecule has 2 unspecified atom stereocenters. The largest absolute Gasteiger partial charge is 0.392 e. The maximum atomic E-state index is 13.4. The maximum Gasteiger partial charge on any atom is 0.148 e. The molecular weight excluding hydrogens is 300 g/mol. The molecule has 0 saturated heterocycles. The summed E-state index contributed by atoms with van der Waals surface area (Å²) in [5, 5.41) is 19.3. The third kappa shape index (κ3) is 3.79. The summed E-state index contributed by atoms with van der Waals surface area (Å²) in [6.07, 6.45) is 15.8. The van der Waals surface area contributed by atoms with Crippen LogP contribution in [0.4, 0.5) is 0 Å². The number of carbonyl (C=O) groups is 1. The highest BCUT2D eigenvalue weighted by Gasteiger charge is 2.45. The highest BCUT2D eigenvalue weighted by molar-refractivity contribution is 5.92. The molecule has 2 aliphatic carbocycles. The molecule has 24 heavy (non-hydrogen) atoms. The van der Waals surface area contributed by atoms with Gasteiger partial charge in [-0.1, -0.05) is 50.3 Å². The van der Waals surface area contributed by atoms with Gasteiger partial charge in [0.05, 0.1) is 18.6 Å². The molecule has 0 aromatic heterocycles. The predicted octanol–water partition coefficient (Wildman–Crippen LogP) is 3.74. The van der Waals surface area contributed by atoms with E-state index in [1.54, 1.807) is 0 Å². The summed E-state index contributed by atoms with van der Waals surface area (Å²) in [5.74, 6) is 0.342. The smallest absolute Gasteiger partial charge is 0.148 e. The monoisotopic (exact) mass is 330 g/mol. The van der Waals surface area contributed by atoms with Gasteiger partial charge < -0.3 is 10.2 Å². The summed E-state index contributed by atoms with van der Waals surface area (Å²) in [7, 11) is 0. The van der Waals surface area contributed by atoms with Crippen molar-refractivity contribution < 1.29 is 15.0 Å². The summed E-state index contributed by atoms with van der Waals surface area (Å²) < 4.78 is 0. The fourth-order valence-corrected chi connectivity index (χ4v) is 3.96. The Hall–Kier alpha value is -1.45. The number of hydrogen-bond acceptors (Lipinski definition) is 3. The molecule has 0 spiro atoms. The Morgan fingerprint density at radius 1 is 1.17 bits per heavy atom. The lowest BCUT2D eigenvalue weighted by molar-refractivity contribution is -0.136. The molecule has 0 saturated carbocycles. The average molecular weight is 330 g/mol. The second kappa shape index (κ2) is 7.62. The Labute approximate surface area is 145 Å². The quantitative estimate of drug-likeness (QED) is 0.829. The van der Waals surface area contributed by atoms with E-state index in [4.69, 9.17) is 0 Å². The Morgan fingerprint density at radius 3 is 2.58 bits per heavy atom. The van der Waals surface area contributed by atoms with Crippen LogP contribution >= 0.6 is 0 Å². The molecule has 0 fully saturated rings. The Balaban J connectivity index is 2.52. The molecule has 2 rings (SSSR count). The third-order valence-corrected chi connectivity index (χ3v) is 5.45. The minimum absolute atomic E-state index is 0.115. The van der Waals surface area contributed by atoms with Crippen LogP contribution in [0.25, 0.3) is 0 Å². The van der Waals surface area contributed by atoms with Crippen LogP contribution in [0.1, 0.15) is 46.5 Å². The van der Waals surface area contributed by atoms with Gasteiger partial charge in [-0.2, -0.15) is 0 Å². The van der Waals surface area contributed by atoms with Gasteiger partial charge in [0.15, 0.2) is 0 Å². The SMILES string of the molecule is CC1(C)CC(CO)=C(CO)C=CC(C)(C2C=CC=CCCC2)C1=O. The highest BCUT2D eigenvalue weighted by atomic mass is 16.3. The second-order valence-electron chi connectivity index (χ2n) is 7.80. The zero-order valence-electron chi connectivity index (χ0n) is 15.1. The van der Waals surface area contributed by atoms with E-state index in [0.29, 0.717) is 6.42 Å². The molecule has 0 radical (unpaired) electrons. The minimum Gasteiger partial charge on any atom is -0.392 e. The molecule has 2 aliphatic rings. The molecule has 2 atom stereocenters. The van der Waals surface area contributed by atoms with E-state index in [1.165, 1.54) is 0 Å². The summed E-state index contributed by atoms with van der Waals surface area (Å²) in [6, 6.07) is 0. The van der Waals surface area contributed by atoms with Crippen LogP contribution in [0.2, 0.25) is 0 Å². The van der Waals surface area contributed by atoms with Crippen molar-refractivity contribution in [2.45, 2.75) is 46.5 Å². The molecule has 0 aliphatic heterocycles. The van der Waals surface area contributed by atoms with E-state index in [9.17, 15) is 15.0 Å². The van der Waals surface area contributed by atoms with E-state index >= 15 is 0 Å². The number of ketones is 1. The van der Waals surface area contributed by atoms with Crippen LogP contribution in [-0.2, 0) is 4.79 Å². The van der Waals surface area contributed by atoms with Crippen molar-refractivity contribution in [3.8, 4) is 0 Å². The van der Waals surface area contributed by atoms with Crippen LogP contribution in [0.3, 0.4) is 0 Å². The van der Waals surface area contributed by atoms with Crippen molar-refractivity contribution in [3.05, 3.63) is 47.6 Å². The van der Waals surface area contributed by atoms with E-state index in [2.05, 4.69) is 18.2 Å².